The molecule has 0 saturated heterocycles. The van der Waals surface area contributed by atoms with Crippen LogP contribution in [0.2, 0.25) is 0 Å². The Morgan fingerprint density at radius 3 is 2.14 bits per heavy atom. The Bertz CT molecular complexity index is 932. The van der Waals surface area contributed by atoms with Gasteiger partial charge in [-0.3, -0.25) is 14.4 Å². The van der Waals surface area contributed by atoms with Gasteiger partial charge in [0.25, 0.3) is 0 Å². The number of amides is 3. The van der Waals surface area contributed by atoms with Crippen LogP contribution in [-0.4, -0.2) is 17.7 Å². The molecule has 0 unspecified atom stereocenters. The van der Waals surface area contributed by atoms with Gasteiger partial charge in [0.2, 0.25) is 17.7 Å². The standard InChI is InChI=1S/C22H25N3O3/c1-4-16-8-5-7-14(2)19(16)25-21(28)22(11-12-22)20(27)24-18-10-6-9-17(13-18)23-15(3)26/h5-10,13H,4,11-12H2,1-3H3,(H,23,26)(H,24,27)(H,25,28). The SMILES string of the molecule is CCc1cccc(C)c1NC(=O)C1(C(=O)Nc2cccc(NC(C)=O)c2)CC1. The van der Waals surface area contributed by atoms with Crippen LogP contribution in [0.25, 0.3) is 0 Å². The molecule has 0 spiro atoms. The van der Waals surface area contributed by atoms with Gasteiger partial charge in [-0.15, -0.1) is 0 Å². The van der Waals surface area contributed by atoms with Gasteiger partial charge in [-0.05, 0) is 55.5 Å². The number of rotatable bonds is 6. The van der Waals surface area contributed by atoms with Crippen molar-refractivity contribution in [1.82, 2.24) is 0 Å². The summed E-state index contributed by atoms with van der Waals surface area (Å²) in [5.41, 5.74) is 2.91. The van der Waals surface area contributed by atoms with Gasteiger partial charge in [-0.2, -0.15) is 0 Å². The Kier molecular flexibility index (Phi) is 5.49. The van der Waals surface area contributed by atoms with Crippen LogP contribution in [0.5, 0.6) is 0 Å². The van der Waals surface area contributed by atoms with E-state index in [9.17, 15) is 14.4 Å². The van der Waals surface area contributed by atoms with Gasteiger partial charge in [0.05, 0.1) is 0 Å². The maximum absolute atomic E-state index is 12.9. The molecule has 6 nitrogen and oxygen atoms in total. The van der Waals surface area contributed by atoms with Crippen molar-refractivity contribution in [3.63, 3.8) is 0 Å². The quantitative estimate of drug-likeness (QED) is 0.666. The second-order valence-corrected chi connectivity index (χ2v) is 7.21. The van der Waals surface area contributed by atoms with E-state index in [-0.39, 0.29) is 17.7 Å². The molecule has 6 heteroatoms. The van der Waals surface area contributed by atoms with E-state index in [1.807, 2.05) is 32.0 Å². The van der Waals surface area contributed by atoms with E-state index in [4.69, 9.17) is 0 Å². The fourth-order valence-corrected chi connectivity index (χ4v) is 3.25. The van der Waals surface area contributed by atoms with E-state index < -0.39 is 5.41 Å². The number of hydrogen-bond acceptors (Lipinski definition) is 3. The maximum Gasteiger partial charge on any atom is 0.240 e. The third-order valence-corrected chi connectivity index (χ3v) is 5.04. The molecule has 2 aromatic rings. The van der Waals surface area contributed by atoms with E-state index in [1.165, 1.54) is 6.92 Å². The lowest BCUT2D eigenvalue weighted by molar-refractivity contribution is -0.131. The molecule has 1 aliphatic carbocycles. The largest absolute Gasteiger partial charge is 0.326 e. The zero-order chi connectivity index (χ0) is 20.3. The third kappa shape index (κ3) is 4.06. The summed E-state index contributed by atoms with van der Waals surface area (Å²) in [4.78, 5) is 37.0. The van der Waals surface area contributed by atoms with Crippen molar-refractivity contribution < 1.29 is 14.4 Å². The molecule has 0 bridgehead atoms. The number of hydrogen-bond donors (Lipinski definition) is 3. The first-order valence-corrected chi connectivity index (χ1v) is 9.45. The molecular formula is C22H25N3O3. The second-order valence-electron chi connectivity index (χ2n) is 7.21. The summed E-state index contributed by atoms with van der Waals surface area (Å²) >= 11 is 0. The zero-order valence-corrected chi connectivity index (χ0v) is 16.4. The summed E-state index contributed by atoms with van der Waals surface area (Å²) in [6, 6.07) is 12.8. The molecule has 0 heterocycles. The number of aryl methyl sites for hydroxylation is 2. The van der Waals surface area contributed by atoms with Crippen LogP contribution in [0.1, 0.15) is 37.8 Å². The Balaban J connectivity index is 1.74. The molecule has 0 radical (unpaired) electrons. The van der Waals surface area contributed by atoms with E-state index in [2.05, 4.69) is 16.0 Å². The Morgan fingerprint density at radius 1 is 0.929 bits per heavy atom. The molecule has 1 saturated carbocycles. The first kappa shape index (κ1) is 19.6. The fourth-order valence-electron chi connectivity index (χ4n) is 3.25. The lowest BCUT2D eigenvalue weighted by Crippen LogP contribution is -2.36. The highest BCUT2D eigenvalue weighted by Crippen LogP contribution is 2.48. The Labute approximate surface area is 164 Å². The summed E-state index contributed by atoms with van der Waals surface area (Å²) < 4.78 is 0. The number of anilines is 3. The van der Waals surface area contributed by atoms with Crippen molar-refractivity contribution in [2.45, 2.75) is 40.0 Å². The molecule has 1 aliphatic rings. The Morgan fingerprint density at radius 2 is 1.54 bits per heavy atom. The monoisotopic (exact) mass is 379 g/mol. The minimum atomic E-state index is -1.04. The molecule has 1 fully saturated rings. The molecule has 2 aromatic carbocycles. The topological polar surface area (TPSA) is 87.3 Å². The molecule has 146 valence electrons. The van der Waals surface area contributed by atoms with E-state index in [0.29, 0.717) is 24.2 Å². The predicted molar refractivity (Wildman–Crippen MR) is 110 cm³/mol. The second kappa shape index (κ2) is 7.84. The number of nitrogens with one attached hydrogen (secondary N) is 3. The summed E-state index contributed by atoms with van der Waals surface area (Å²) in [6.07, 6.45) is 1.83. The molecule has 3 amide bonds. The highest BCUT2D eigenvalue weighted by atomic mass is 16.2. The first-order chi connectivity index (χ1) is 13.4. The number of para-hydroxylation sites is 1. The van der Waals surface area contributed by atoms with Crippen LogP contribution < -0.4 is 16.0 Å². The van der Waals surface area contributed by atoms with Gasteiger partial charge < -0.3 is 16.0 Å². The minimum Gasteiger partial charge on any atom is -0.326 e. The van der Waals surface area contributed by atoms with Crippen LogP contribution in [0.3, 0.4) is 0 Å². The summed E-state index contributed by atoms with van der Waals surface area (Å²) in [5, 5.41) is 8.47. The molecule has 0 aromatic heterocycles. The lowest BCUT2D eigenvalue weighted by atomic mass is 10.0. The van der Waals surface area contributed by atoms with Crippen molar-refractivity contribution in [3.8, 4) is 0 Å². The number of carbonyl (C=O) groups is 3. The van der Waals surface area contributed by atoms with Gasteiger partial charge in [-0.25, -0.2) is 0 Å². The van der Waals surface area contributed by atoms with Crippen LogP contribution in [0.4, 0.5) is 17.1 Å². The smallest absolute Gasteiger partial charge is 0.240 e. The van der Waals surface area contributed by atoms with Gasteiger partial charge in [0.15, 0.2) is 0 Å². The third-order valence-electron chi connectivity index (χ3n) is 5.04. The molecule has 3 rings (SSSR count). The Hall–Kier alpha value is -3.15. The molecule has 0 atom stereocenters. The van der Waals surface area contributed by atoms with Crippen LogP contribution in [0.15, 0.2) is 42.5 Å². The van der Waals surface area contributed by atoms with Gasteiger partial charge in [0, 0.05) is 24.0 Å². The van der Waals surface area contributed by atoms with Crippen molar-refractivity contribution in [3.05, 3.63) is 53.6 Å². The van der Waals surface area contributed by atoms with Crippen LogP contribution in [-0.2, 0) is 20.8 Å². The predicted octanol–water partition coefficient (Wildman–Crippen LogP) is 3.87. The first-order valence-electron chi connectivity index (χ1n) is 9.45. The summed E-state index contributed by atoms with van der Waals surface area (Å²) in [5.74, 6) is -0.782. The fraction of sp³-hybridized carbons (Fsp3) is 0.318. The van der Waals surface area contributed by atoms with Crippen molar-refractivity contribution >= 4 is 34.8 Å². The molecule has 0 aliphatic heterocycles. The summed E-state index contributed by atoms with van der Waals surface area (Å²) in [7, 11) is 0. The average molecular weight is 379 g/mol. The molecule has 3 N–H and O–H groups in total. The lowest BCUT2D eigenvalue weighted by Gasteiger charge is -2.18. The van der Waals surface area contributed by atoms with Crippen LogP contribution >= 0.6 is 0 Å². The minimum absolute atomic E-state index is 0.188. The molecular weight excluding hydrogens is 354 g/mol. The molecule has 28 heavy (non-hydrogen) atoms. The van der Waals surface area contributed by atoms with E-state index >= 15 is 0 Å². The number of carbonyl (C=O) groups excluding carboxylic acids is 3. The highest BCUT2D eigenvalue weighted by molar-refractivity contribution is 6.17. The maximum atomic E-state index is 12.9. The van der Waals surface area contributed by atoms with Crippen molar-refractivity contribution in [2.75, 3.05) is 16.0 Å². The number of benzene rings is 2. The van der Waals surface area contributed by atoms with Crippen molar-refractivity contribution in [2.24, 2.45) is 5.41 Å². The normalized spacial score (nSPS) is 14.1. The average Bonchev–Trinajstić information content (AvgIpc) is 3.45. The highest BCUT2D eigenvalue weighted by Gasteiger charge is 2.56. The van der Waals surface area contributed by atoms with E-state index in [1.54, 1.807) is 24.3 Å². The summed E-state index contributed by atoms with van der Waals surface area (Å²) in [6.45, 7) is 5.40. The van der Waals surface area contributed by atoms with Gasteiger partial charge >= 0.3 is 0 Å². The van der Waals surface area contributed by atoms with E-state index in [0.717, 1.165) is 23.2 Å². The zero-order valence-electron chi connectivity index (χ0n) is 16.4. The van der Waals surface area contributed by atoms with Crippen molar-refractivity contribution in [1.29, 1.82) is 0 Å². The van der Waals surface area contributed by atoms with Gasteiger partial charge in [-0.1, -0.05) is 31.2 Å². The van der Waals surface area contributed by atoms with Crippen LogP contribution in [0, 0.1) is 12.3 Å². The van der Waals surface area contributed by atoms with Gasteiger partial charge in [0.1, 0.15) is 5.41 Å².